The number of pyridine rings is 1. The van der Waals surface area contributed by atoms with Crippen LogP contribution in [-0.4, -0.2) is 23.5 Å². The predicted octanol–water partition coefficient (Wildman–Crippen LogP) is 1.98. The standard InChI is InChI=1S/C11H13ClN2/c1-8-11(3-2-4-14-8)9-5-10(12)7-13-6-9/h2-5,10,13H,6-7H2,1H3. The Hall–Kier alpha value is -0.860. The topological polar surface area (TPSA) is 24.9 Å². The lowest BCUT2D eigenvalue weighted by atomic mass is 10.0. The first-order chi connectivity index (χ1) is 6.77. The van der Waals surface area contributed by atoms with E-state index < -0.39 is 0 Å². The lowest BCUT2D eigenvalue weighted by Crippen LogP contribution is -2.29. The first kappa shape index (κ1) is 9.69. The van der Waals surface area contributed by atoms with Gasteiger partial charge in [-0.05, 0) is 24.1 Å². The quantitative estimate of drug-likeness (QED) is 0.714. The van der Waals surface area contributed by atoms with Crippen molar-refractivity contribution in [2.75, 3.05) is 13.1 Å². The molecular weight excluding hydrogens is 196 g/mol. The summed E-state index contributed by atoms with van der Waals surface area (Å²) in [4.78, 5) is 4.27. The SMILES string of the molecule is Cc1ncccc1C1=CC(Cl)CNC1. The van der Waals surface area contributed by atoms with Crippen LogP contribution in [0.1, 0.15) is 11.3 Å². The van der Waals surface area contributed by atoms with E-state index in [1.807, 2.05) is 19.2 Å². The van der Waals surface area contributed by atoms with Gasteiger partial charge in [-0.25, -0.2) is 0 Å². The number of alkyl halides is 1. The molecule has 3 heteroatoms. The van der Waals surface area contributed by atoms with Gasteiger partial charge in [0.2, 0.25) is 0 Å². The zero-order valence-electron chi connectivity index (χ0n) is 8.13. The van der Waals surface area contributed by atoms with E-state index in [1.54, 1.807) is 0 Å². The van der Waals surface area contributed by atoms with Crippen molar-refractivity contribution in [1.82, 2.24) is 10.3 Å². The van der Waals surface area contributed by atoms with Crippen LogP contribution in [0.2, 0.25) is 0 Å². The van der Waals surface area contributed by atoms with Crippen LogP contribution in [0.4, 0.5) is 0 Å². The molecule has 0 saturated carbocycles. The van der Waals surface area contributed by atoms with Gasteiger partial charge in [0.25, 0.3) is 0 Å². The molecule has 0 spiro atoms. The summed E-state index contributed by atoms with van der Waals surface area (Å²) in [6.45, 7) is 3.76. The second kappa shape index (κ2) is 4.11. The first-order valence-corrected chi connectivity index (χ1v) is 5.18. The molecule has 0 saturated heterocycles. The van der Waals surface area contributed by atoms with Crippen molar-refractivity contribution in [2.24, 2.45) is 0 Å². The molecule has 1 aromatic rings. The van der Waals surface area contributed by atoms with Gasteiger partial charge in [0.15, 0.2) is 0 Å². The van der Waals surface area contributed by atoms with Crippen LogP contribution >= 0.6 is 11.6 Å². The number of nitrogens with one attached hydrogen (secondary N) is 1. The van der Waals surface area contributed by atoms with E-state index in [1.165, 1.54) is 11.1 Å². The van der Waals surface area contributed by atoms with E-state index in [4.69, 9.17) is 11.6 Å². The van der Waals surface area contributed by atoms with Gasteiger partial charge in [0.05, 0.1) is 5.38 Å². The van der Waals surface area contributed by atoms with Crippen LogP contribution in [-0.2, 0) is 0 Å². The number of halogens is 1. The highest BCUT2D eigenvalue weighted by Crippen LogP contribution is 2.20. The molecule has 1 atom stereocenters. The molecule has 0 radical (unpaired) electrons. The predicted molar refractivity (Wildman–Crippen MR) is 59.5 cm³/mol. The molecule has 2 nitrogen and oxygen atoms in total. The first-order valence-electron chi connectivity index (χ1n) is 4.75. The fourth-order valence-electron chi connectivity index (χ4n) is 1.69. The number of hydrogen-bond donors (Lipinski definition) is 1. The number of hydrogen-bond acceptors (Lipinski definition) is 2. The third kappa shape index (κ3) is 1.97. The molecule has 0 aliphatic carbocycles. The Balaban J connectivity index is 2.35. The van der Waals surface area contributed by atoms with Crippen molar-refractivity contribution in [3.8, 4) is 0 Å². The summed E-state index contributed by atoms with van der Waals surface area (Å²) < 4.78 is 0. The van der Waals surface area contributed by atoms with Gasteiger partial charge < -0.3 is 5.32 Å². The van der Waals surface area contributed by atoms with E-state index >= 15 is 0 Å². The van der Waals surface area contributed by atoms with Crippen molar-refractivity contribution in [1.29, 1.82) is 0 Å². The van der Waals surface area contributed by atoms with Gasteiger partial charge in [0, 0.05) is 25.0 Å². The third-order valence-electron chi connectivity index (χ3n) is 2.39. The summed E-state index contributed by atoms with van der Waals surface area (Å²) in [6, 6.07) is 4.05. The summed E-state index contributed by atoms with van der Waals surface area (Å²) in [5.41, 5.74) is 3.51. The maximum absolute atomic E-state index is 6.05. The highest BCUT2D eigenvalue weighted by molar-refractivity contribution is 6.22. The molecule has 2 rings (SSSR count). The van der Waals surface area contributed by atoms with Gasteiger partial charge in [-0.3, -0.25) is 4.98 Å². The summed E-state index contributed by atoms with van der Waals surface area (Å²) >= 11 is 6.05. The summed E-state index contributed by atoms with van der Waals surface area (Å²) in [5.74, 6) is 0. The smallest absolute Gasteiger partial charge is 0.0647 e. The van der Waals surface area contributed by atoms with Crippen LogP contribution in [0.25, 0.3) is 5.57 Å². The molecule has 74 valence electrons. The molecule has 1 aliphatic rings. The second-order valence-corrected chi connectivity index (χ2v) is 4.04. The lowest BCUT2D eigenvalue weighted by Gasteiger charge is -2.18. The van der Waals surface area contributed by atoms with E-state index in [0.29, 0.717) is 0 Å². The molecule has 14 heavy (non-hydrogen) atoms. The van der Waals surface area contributed by atoms with Crippen molar-refractivity contribution >= 4 is 17.2 Å². The molecule has 1 unspecified atom stereocenters. The zero-order chi connectivity index (χ0) is 9.97. The van der Waals surface area contributed by atoms with Crippen molar-refractivity contribution in [3.63, 3.8) is 0 Å². The summed E-state index contributed by atoms with van der Waals surface area (Å²) in [7, 11) is 0. The van der Waals surface area contributed by atoms with E-state index in [-0.39, 0.29) is 5.38 Å². The van der Waals surface area contributed by atoms with Crippen LogP contribution < -0.4 is 5.32 Å². The van der Waals surface area contributed by atoms with Gasteiger partial charge in [-0.2, -0.15) is 0 Å². The Morgan fingerprint density at radius 3 is 3.14 bits per heavy atom. The molecule has 0 fully saturated rings. The molecular formula is C11H13ClN2. The second-order valence-electron chi connectivity index (χ2n) is 3.48. The fourth-order valence-corrected chi connectivity index (χ4v) is 1.95. The number of aromatic nitrogens is 1. The van der Waals surface area contributed by atoms with E-state index in [2.05, 4.69) is 22.4 Å². The Labute approximate surface area is 89.0 Å². The maximum atomic E-state index is 6.05. The van der Waals surface area contributed by atoms with Crippen LogP contribution in [0, 0.1) is 6.92 Å². The van der Waals surface area contributed by atoms with E-state index in [9.17, 15) is 0 Å². The van der Waals surface area contributed by atoms with Crippen LogP contribution in [0.5, 0.6) is 0 Å². The minimum absolute atomic E-state index is 0.0957. The minimum Gasteiger partial charge on any atom is -0.311 e. The van der Waals surface area contributed by atoms with Gasteiger partial charge in [-0.1, -0.05) is 12.1 Å². The number of rotatable bonds is 1. The fraction of sp³-hybridized carbons (Fsp3) is 0.364. The average molecular weight is 209 g/mol. The molecule has 2 heterocycles. The molecule has 0 aromatic carbocycles. The maximum Gasteiger partial charge on any atom is 0.0647 e. The monoisotopic (exact) mass is 208 g/mol. The zero-order valence-corrected chi connectivity index (χ0v) is 8.88. The molecule has 1 aromatic heterocycles. The average Bonchev–Trinajstić information content (AvgIpc) is 2.18. The van der Waals surface area contributed by atoms with Gasteiger partial charge in [-0.15, -0.1) is 11.6 Å². The minimum atomic E-state index is 0.0957. The molecule has 1 aliphatic heterocycles. The molecule has 0 amide bonds. The lowest BCUT2D eigenvalue weighted by molar-refractivity contribution is 0.743. The Morgan fingerprint density at radius 1 is 1.57 bits per heavy atom. The highest BCUT2D eigenvalue weighted by atomic mass is 35.5. The van der Waals surface area contributed by atoms with Crippen LogP contribution in [0.3, 0.4) is 0 Å². The largest absolute Gasteiger partial charge is 0.311 e. The Morgan fingerprint density at radius 2 is 2.43 bits per heavy atom. The van der Waals surface area contributed by atoms with Crippen molar-refractivity contribution in [3.05, 3.63) is 35.7 Å². The molecule has 0 bridgehead atoms. The normalized spacial score (nSPS) is 21.9. The summed E-state index contributed by atoms with van der Waals surface area (Å²) in [6.07, 6.45) is 3.93. The Kier molecular flexibility index (Phi) is 2.85. The summed E-state index contributed by atoms with van der Waals surface area (Å²) in [5, 5.41) is 3.38. The Bertz CT molecular complexity index is 360. The van der Waals surface area contributed by atoms with Gasteiger partial charge in [0.1, 0.15) is 0 Å². The van der Waals surface area contributed by atoms with Crippen LogP contribution in [0.15, 0.2) is 24.4 Å². The third-order valence-corrected chi connectivity index (χ3v) is 2.67. The molecule has 1 N–H and O–H groups in total. The van der Waals surface area contributed by atoms with Crippen molar-refractivity contribution in [2.45, 2.75) is 12.3 Å². The number of nitrogens with zero attached hydrogens (tertiary/aromatic N) is 1. The van der Waals surface area contributed by atoms with Gasteiger partial charge >= 0.3 is 0 Å². The van der Waals surface area contributed by atoms with E-state index in [0.717, 1.165) is 18.8 Å². The van der Waals surface area contributed by atoms with Crippen molar-refractivity contribution < 1.29 is 0 Å². The number of aryl methyl sites for hydroxylation is 1. The highest BCUT2D eigenvalue weighted by Gasteiger charge is 2.13.